The van der Waals surface area contributed by atoms with E-state index in [9.17, 15) is 9.18 Å². The highest BCUT2D eigenvalue weighted by Gasteiger charge is 2.17. The van der Waals surface area contributed by atoms with Gasteiger partial charge in [0.2, 0.25) is 0 Å². The van der Waals surface area contributed by atoms with Crippen molar-refractivity contribution in [2.75, 3.05) is 5.73 Å². The lowest BCUT2D eigenvalue weighted by molar-refractivity contribution is 0.0938. The fraction of sp³-hybridized carbons (Fsp3) is 0.250. The SMILES string of the molecule is Nc1cc(C(=O)NC2CC=CC2)c(Br)cc1F. The lowest BCUT2D eigenvalue weighted by Crippen LogP contribution is -2.33. The van der Waals surface area contributed by atoms with Crippen LogP contribution < -0.4 is 11.1 Å². The molecule has 0 bridgehead atoms. The van der Waals surface area contributed by atoms with E-state index in [4.69, 9.17) is 5.73 Å². The monoisotopic (exact) mass is 298 g/mol. The first-order chi connectivity index (χ1) is 8.08. The van der Waals surface area contributed by atoms with Gasteiger partial charge in [0.05, 0.1) is 11.3 Å². The van der Waals surface area contributed by atoms with Crippen LogP contribution in [0, 0.1) is 5.82 Å². The maximum atomic E-state index is 13.1. The summed E-state index contributed by atoms with van der Waals surface area (Å²) in [7, 11) is 0. The Morgan fingerprint density at radius 3 is 2.71 bits per heavy atom. The molecule has 3 N–H and O–H groups in total. The van der Waals surface area contributed by atoms with E-state index in [1.807, 2.05) is 12.2 Å². The van der Waals surface area contributed by atoms with Crippen molar-refractivity contribution in [1.82, 2.24) is 5.32 Å². The van der Waals surface area contributed by atoms with Gasteiger partial charge in [0.1, 0.15) is 5.82 Å². The van der Waals surface area contributed by atoms with E-state index >= 15 is 0 Å². The average Bonchev–Trinajstić information content (AvgIpc) is 2.76. The number of nitrogen functional groups attached to an aromatic ring is 1. The Balaban J connectivity index is 2.16. The lowest BCUT2D eigenvalue weighted by Gasteiger charge is -2.13. The van der Waals surface area contributed by atoms with Gasteiger partial charge in [0.25, 0.3) is 5.91 Å². The second kappa shape index (κ2) is 4.87. The molecular weight excluding hydrogens is 287 g/mol. The van der Waals surface area contributed by atoms with Crippen LogP contribution >= 0.6 is 15.9 Å². The summed E-state index contributed by atoms with van der Waals surface area (Å²) >= 11 is 3.16. The second-order valence-electron chi connectivity index (χ2n) is 3.97. The topological polar surface area (TPSA) is 55.1 Å². The molecule has 17 heavy (non-hydrogen) atoms. The van der Waals surface area contributed by atoms with Gasteiger partial charge < -0.3 is 11.1 Å². The van der Waals surface area contributed by atoms with Crippen molar-refractivity contribution >= 4 is 27.5 Å². The molecule has 1 aromatic rings. The van der Waals surface area contributed by atoms with Crippen molar-refractivity contribution in [3.63, 3.8) is 0 Å². The molecule has 2 rings (SSSR count). The summed E-state index contributed by atoms with van der Waals surface area (Å²) in [6, 6.07) is 2.68. The van der Waals surface area contributed by atoms with Gasteiger partial charge in [0.15, 0.2) is 0 Å². The summed E-state index contributed by atoms with van der Waals surface area (Å²) in [4.78, 5) is 11.9. The Morgan fingerprint density at radius 1 is 1.41 bits per heavy atom. The van der Waals surface area contributed by atoms with Crippen LogP contribution in [0.4, 0.5) is 10.1 Å². The Bertz CT molecular complexity index is 480. The number of hydrogen-bond acceptors (Lipinski definition) is 2. The summed E-state index contributed by atoms with van der Waals surface area (Å²) in [6.45, 7) is 0. The minimum atomic E-state index is -0.532. The van der Waals surface area contributed by atoms with Crippen LogP contribution in [-0.4, -0.2) is 11.9 Å². The fourth-order valence-electron chi connectivity index (χ4n) is 1.74. The average molecular weight is 299 g/mol. The fourth-order valence-corrected chi connectivity index (χ4v) is 2.23. The zero-order chi connectivity index (χ0) is 12.4. The van der Waals surface area contributed by atoms with Crippen molar-refractivity contribution in [2.24, 2.45) is 0 Å². The summed E-state index contributed by atoms with van der Waals surface area (Å²) in [5.41, 5.74) is 5.78. The van der Waals surface area contributed by atoms with Gasteiger partial charge in [-0.2, -0.15) is 0 Å². The van der Waals surface area contributed by atoms with Crippen molar-refractivity contribution in [2.45, 2.75) is 18.9 Å². The van der Waals surface area contributed by atoms with Gasteiger partial charge in [-0.05, 0) is 40.9 Å². The van der Waals surface area contributed by atoms with E-state index in [1.165, 1.54) is 12.1 Å². The van der Waals surface area contributed by atoms with Crippen LogP contribution in [0.25, 0.3) is 0 Å². The van der Waals surface area contributed by atoms with E-state index in [0.29, 0.717) is 10.0 Å². The van der Waals surface area contributed by atoms with Crippen molar-refractivity contribution in [1.29, 1.82) is 0 Å². The van der Waals surface area contributed by atoms with Crippen LogP contribution in [0.1, 0.15) is 23.2 Å². The number of nitrogens with two attached hydrogens (primary N) is 1. The highest BCUT2D eigenvalue weighted by atomic mass is 79.9. The van der Waals surface area contributed by atoms with Crippen molar-refractivity contribution in [3.05, 3.63) is 40.1 Å². The molecule has 0 heterocycles. The molecule has 1 amide bonds. The number of benzene rings is 1. The molecule has 0 fully saturated rings. The number of amides is 1. The number of nitrogens with one attached hydrogen (secondary N) is 1. The number of carbonyl (C=O) groups excluding carboxylic acids is 1. The quantitative estimate of drug-likeness (QED) is 0.651. The van der Waals surface area contributed by atoms with E-state index in [-0.39, 0.29) is 17.6 Å². The third kappa shape index (κ3) is 2.66. The maximum Gasteiger partial charge on any atom is 0.252 e. The molecule has 0 unspecified atom stereocenters. The molecule has 0 saturated carbocycles. The van der Waals surface area contributed by atoms with Crippen LogP contribution in [0.2, 0.25) is 0 Å². The number of halogens is 2. The number of carbonyl (C=O) groups is 1. The summed E-state index contributed by atoms with van der Waals surface area (Å²) in [5, 5.41) is 2.87. The van der Waals surface area contributed by atoms with Gasteiger partial charge in [-0.3, -0.25) is 4.79 Å². The molecule has 0 aromatic heterocycles. The molecular formula is C12H12BrFN2O. The Labute approximate surface area is 107 Å². The molecule has 0 spiro atoms. The molecule has 0 aliphatic heterocycles. The molecule has 1 aromatic carbocycles. The minimum Gasteiger partial charge on any atom is -0.396 e. The highest BCUT2D eigenvalue weighted by molar-refractivity contribution is 9.10. The van der Waals surface area contributed by atoms with Gasteiger partial charge in [-0.1, -0.05) is 12.2 Å². The predicted octanol–water partition coefficient (Wildman–Crippen LogP) is 2.62. The number of anilines is 1. The largest absolute Gasteiger partial charge is 0.396 e. The Hall–Kier alpha value is -1.36. The summed E-state index contributed by atoms with van der Waals surface area (Å²) in [5.74, 6) is -0.770. The van der Waals surface area contributed by atoms with Crippen LogP contribution in [0.15, 0.2) is 28.8 Å². The smallest absolute Gasteiger partial charge is 0.252 e. The standard InChI is InChI=1S/C12H12BrFN2O/c13-9-6-10(14)11(15)5-8(9)12(17)16-7-3-1-2-4-7/h1-2,5-7H,3-4,15H2,(H,16,17). The Kier molecular flexibility index (Phi) is 3.47. The molecule has 0 atom stereocenters. The van der Waals surface area contributed by atoms with E-state index in [0.717, 1.165) is 12.8 Å². The van der Waals surface area contributed by atoms with Crippen LogP contribution in [0.3, 0.4) is 0 Å². The molecule has 1 aliphatic carbocycles. The first-order valence-corrected chi connectivity index (χ1v) is 6.07. The molecule has 0 radical (unpaired) electrons. The number of rotatable bonds is 2. The highest BCUT2D eigenvalue weighted by Crippen LogP contribution is 2.23. The van der Waals surface area contributed by atoms with Gasteiger partial charge >= 0.3 is 0 Å². The third-order valence-corrected chi connectivity index (χ3v) is 3.33. The molecule has 5 heteroatoms. The normalized spacial score (nSPS) is 15.2. The van der Waals surface area contributed by atoms with Gasteiger partial charge in [0, 0.05) is 10.5 Å². The van der Waals surface area contributed by atoms with Gasteiger partial charge in [-0.15, -0.1) is 0 Å². The molecule has 1 aliphatic rings. The minimum absolute atomic E-state index is 0.0251. The molecule has 90 valence electrons. The first kappa shape index (κ1) is 12.1. The number of hydrogen-bond donors (Lipinski definition) is 2. The van der Waals surface area contributed by atoms with Gasteiger partial charge in [-0.25, -0.2) is 4.39 Å². The maximum absolute atomic E-state index is 13.1. The first-order valence-electron chi connectivity index (χ1n) is 5.28. The third-order valence-electron chi connectivity index (χ3n) is 2.67. The van der Waals surface area contributed by atoms with Crippen LogP contribution in [0.5, 0.6) is 0 Å². The molecule has 0 saturated heterocycles. The van der Waals surface area contributed by atoms with Crippen molar-refractivity contribution in [3.8, 4) is 0 Å². The lowest BCUT2D eigenvalue weighted by atomic mass is 10.1. The van der Waals surface area contributed by atoms with E-state index in [1.54, 1.807) is 0 Å². The predicted molar refractivity (Wildman–Crippen MR) is 68.1 cm³/mol. The summed E-state index contributed by atoms with van der Waals surface area (Å²) in [6.07, 6.45) is 5.72. The second-order valence-corrected chi connectivity index (χ2v) is 4.82. The molecule has 3 nitrogen and oxygen atoms in total. The summed E-state index contributed by atoms with van der Waals surface area (Å²) < 4.78 is 13.5. The van der Waals surface area contributed by atoms with Crippen LogP contribution in [-0.2, 0) is 0 Å². The Morgan fingerprint density at radius 2 is 2.06 bits per heavy atom. The zero-order valence-electron chi connectivity index (χ0n) is 9.04. The van der Waals surface area contributed by atoms with Crippen molar-refractivity contribution < 1.29 is 9.18 Å². The van der Waals surface area contributed by atoms with E-state index in [2.05, 4.69) is 21.2 Å². The van der Waals surface area contributed by atoms with E-state index < -0.39 is 5.82 Å². The zero-order valence-corrected chi connectivity index (χ0v) is 10.6.